The molecule has 1 atom stereocenters. The number of nitrogens with zero attached hydrogens (tertiary/aromatic N) is 1. The number of rotatable bonds is 1. The van der Waals surface area contributed by atoms with E-state index in [4.69, 9.17) is 0 Å². The van der Waals surface area contributed by atoms with Crippen LogP contribution in [0.5, 0.6) is 0 Å². The maximum Gasteiger partial charge on any atom is 0.318 e. The monoisotopic (exact) mass is 293 g/mol. The van der Waals surface area contributed by atoms with E-state index in [1.54, 1.807) is 16.2 Å². The highest BCUT2D eigenvalue weighted by molar-refractivity contribution is 7.10. The highest BCUT2D eigenvalue weighted by Crippen LogP contribution is 2.24. The van der Waals surface area contributed by atoms with Gasteiger partial charge in [0.05, 0.1) is 0 Å². The summed E-state index contributed by atoms with van der Waals surface area (Å²) < 4.78 is 0. The first-order chi connectivity index (χ1) is 9.74. The Labute approximate surface area is 122 Å². The first-order valence-corrected chi connectivity index (χ1v) is 8.00. The predicted molar refractivity (Wildman–Crippen MR) is 77.6 cm³/mol. The summed E-state index contributed by atoms with van der Waals surface area (Å²) in [6.07, 6.45) is 3.60. The summed E-state index contributed by atoms with van der Waals surface area (Å²) in [5.41, 5.74) is 1.24. The van der Waals surface area contributed by atoms with Gasteiger partial charge >= 0.3 is 6.03 Å². The number of nitrogens with one attached hydrogen (secondary N) is 2. The van der Waals surface area contributed by atoms with E-state index in [9.17, 15) is 9.59 Å². The zero-order valence-electron chi connectivity index (χ0n) is 11.4. The summed E-state index contributed by atoms with van der Waals surface area (Å²) in [6.45, 7) is 2.10. The Morgan fingerprint density at radius 2 is 2.35 bits per heavy atom. The Kier molecular flexibility index (Phi) is 3.91. The zero-order valence-corrected chi connectivity index (χ0v) is 12.2. The summed E-state index contributed by atoms with van der Waals surface area (Å²) in [6, 6.07) is 1.58. The van der Waals surface area contributed by atoms with E-state index < -0.39 is 0 Å². The lowest BCUT2D eigenvalue weighted by molar-refractivity contribution is -0.122. The van der Waals surface area contributed by atoms with Gasteiger partial charge in [-0.15, -0.1) is 11.3 Å². The molecule has 0 aliphatic carbocycles. The second kappa shape index (κ2) is 5.83. The number of urea groups is 1. The molecule has 1 aromatic heterocycles. The van der Waals surface area contributed by atoms with Crippen LogP contribution >= 0.6 is 11.3 Å². The quantitative estimate of drug-likeness (QED) is 0.824. The summed E-state index contributed by atoms with van der Waals surface area (Å²) in [7, 11) is 0. The molecule has 0 radical (unpaired) electrons. The van der Waals surface area contributed by atoms with Crippen molar-refractivity contribution in [2.75, 3.05) is 13.1 Å². The Hall–Kier alpha value is -1.56. The first-order valence-electron chi connectivity index (χ1n) is 7.12. The highest BCUT2D eigenvalue weighted by atomic mass is 32.1. The Morgan fingerprint density at radius 3 is 3.25 bits per heavy atom. The molecule has 0 aromatic carbocycles. The lowest BCUT2D eigenvalue weighted by atomic mass is 10.1. The van der Waals surface area contributed by atoms with Crippen LogP contribution in [0.2, 0.25) is 0 Å². The van der Waals surface area contributed by atoms with Crippen LogP contribution in [0.3, 0.4) is 0 Å². The molecule has 3 amide bonds. The fourth-order valence-corrected chi connectivity index (χ4v) is 3.63. The third-order valence-electron chi connectivity index (χ3n) is 3.93. The molecule has 20 heavy (non-hydrogen) atoms. The SMILES string of the molecule is O=C1NCCCC[C@H]1NC(=O)N1CCc2sccc2C1. The van der Waals surface area contributed by atoms with Crippen LogP contribution in [0.25, 0.3) is 0 Å². The molecular weight excluding hydrogens is 274 g/mol. The molecule has 6 heteroatoms. The van der Waals surface area contributed by atoms with Crippen LogP contribution in [0.1, 0.15) is 29.7 Å². The van der Waals surface area contributed by atoms with Crippen molar-refractivity contribution in [2.45, 2.75) is 38.3 Å². The highest BCUT2D eigenvalue weighted by Gasteiger charge is 2.27. The molecule has 0 bridgehead atoms. The molecule has 0 unspecified atom stereocenters. The topological polar surface area (TPSA) is 61.4 Å². The summed E-state index contributed by atoms with van der Waals surface area (Å²) in [5, 5.41) is 7.80. The van der Waals surface area contributed by atoms with E-state index in [-0.39, 0.29) is 18.0 Å². The predicted octanol–water partition coefficient (Wildman–Crippen LogP) is 1.48. The molecule has 1 aromatic rings. The van der Waals surface area contributed by atoms with Gasteiger partial charge in [-0.25, -0.2) is 4.79 Å². The van der Waals surface area contributed by atoms with Gasteiger partial charge in [0.15, 0.2) is 0 Å². The molecule has 2 aliphatic heterocycles. The van der Waals surface area contributed by atoms with Crippen molar-refractivity contribution in [1.82, 2.24) is 15.5 Å². The third-order valence-corrected chi connectivity index (χ3v) is 4.95. The molecule has 0 spiro atoms. The molecule has 2 aliphatic rings. The molecule has 3 rings (SSSR count). The number of fused-ring (bicyclic) bond motifs is 1. The van der Waals surface area contributed by atoms with Crippen LogP contribution in [0, 0.1) is 0 Å². The molecule has 1 saturated heterocycles. The average molecular weight is 293 g/mol. The maximum atomic E-state index is 12.3. The van der Waals surface area contributed by atoms with Crippen LogP contribution in [0.15, 0.2) is 11.4 Å². The van der Waals surface area contributed by atoms with E-state index in [1.807, 2.05) is 0 Å². The van der Waals surface area contributed by atoms with Gasteiger partial charge in [-0.05, 0) is 42.7 Å². The van der Waals surface area contributed by atoms with Gasteiger partial charge in [-0.3, -0.25) is 4.79 Å². The van der Waals surface area contributed by atoms with Crippen molar-refractivity contribution in [2.24, 2.45) is 0 Å². The Bertz CT molecular complexity index is 514. The smallest absolute Gasteiger partial charge is 0.318 e. The zero-order chi connectivity index (χ0) is 13.9. The molecule has 2 N–H and O–H groups in total. The van der Waals surface area contributed by atoms with E-state index in [1.165, 1.54) is 10.4 Å². The minimum atomic E-state index is -0.381. The van der Waals surface area contributed by atoms with Gasteiger partial charge in [-0.2, -0.15) is 0 Å². The summed E-state index contributed by atoms with van der Waals surface area (Å²) >= 11 is 1.76. The number of thiophene rings is 1. The lowest BCUT2D eigenvalue weighted by Gasteiger charge is -2.28. The average Bonchev–Trinajstić information content (AvgIpc) is 2.83. The van der Waals surface area contributed by atoms with Crippen molar-refractivity contribution < 1.29 is 9.59 Å². The Morgan fingerprint density at radius 1 is 1.45 bits per heavy atom. The number of hydrogen-bond donors (Lipinski definition) is 2. The van der Waals surface area contributed by atoms with Gasteiger partial charge in [0.25, 0.3) is 0 Å². The van der Waals surface area contributed by atoms with E-state index >= 15 is 0 Å². The van der Waals surface area contributed by atoms with E-state index in [2.05, 4.69) is 22.1 Å². The van der Waals surface area contributed by atoms with Gasteiger partial charge < -0.3 is 15.5 Å². The second-order valence-electron chi connectivity index (χ2n) is 5.33. The molecule has 108 valence electrons. The number of hydrogen-bond acceptors (Lipinski definition) is 3. The summed E-state index contributed by atoms with van der Waals surface area (Å²) in [4.78, 5) is 27.3. The largest absolute Gasteiger partial charge is 0.354 e. The van der Waals surface area contributed by atoms with E-state index in [0.29, 0.717) is 13.1 Å². The van der Waals surface area contributed by atoms with Crippen LogP contribution in [-0.4, -0.2) is 36.0 Å². The minimum Gasteiger partial charge on any atom is -0.354 e. The van der Waals surface area contributed by atoms with Crippen LogP contribution in [0.4, 0.5) is 4.79 Å². The molecule has 0 saturated carbocycles. The number of carbonyl (C=O) groups is 2. The van der Waals surface area contributed by atoms with Crippen molar-refractivity contribution >= 4 is 23.3 Å². The molecule has 5 nitrogen and oxygen atoms in total. The molecule has 1 fully saturated rings. The third kappa shape index (κ3) is 2.80. The van der Waals surface area contributed by atoms with Crippen molar-refractivity contribution in [3.05, 3.63) is 21.9 Å². The van der Waals surface area contributed by atoms with Crippen molar-refractivity contribution in [1.29, 1.82) is 0 Å². The number of carbonyl (C=O) groups excluding carboxylic acids is 2. The van der Waals surface area contributed by atoms with Crippen LogP contribution in [-0.2, 0) is 17.8 Å². The van der Waals surface area contributed by atoms with Crippen molar-refractivity contribution in [3.8, 4) is 0 Å². The van der Waals surface area contributed by atoms with E-state index in [0.717, 1.165) is 32.2 Å². The molecular formula is C14H19N3O2S. The standard InChI is InChI=1S/C14H19N3O2S/c18-13-11(3-1-2-6-15-13)16-14(19)17-7-4-12-10(9-17)5-8-20-12/h5,8,11H,1-4,6-7,9H2,(H,15,18)(H,16,19)/t11-/m1/s1. The summed E-state index contributed by atoms with van der Waals surface area (Å²) in [5.74, 6) is -0.0518. The fraction of sp³-hybridized carbons (Fsp3) is 0.571. The van der Waals surface area contributed by atoms with Gasteiger partial charge in [0, 0.05) is 24.5 Å². The second-order valence-corrected chi connectivity index (χ2v) is 6.33. The van der Waals surface area contributed by atoms with Crippen molar-refractivity contribution in [3.63, 3.8) is 0 Å². The van der Waals surface area contributed by atoms with Gasteiger partial charge in [-0.1, -0.05) is 0 Å². The number of amides is 3. The van der Waals surface area contributed by atoms with Gasteiger partial charge in [0.1, 0.15) is 6.04 Å². The van der Waals surface area contributed by atoms with Gasteiger partial charge in [0.2, 0.25) is 5.91 Å². The molecule has 3 heterocycles. The Balaban J connectivity index is 1.61. The normalized spacial score (nSPS) is 22.7. The lowest BCUT2D eigenvalue weighted by Crippen LogP contribution is -2.51. The minimum absolute atomic E-state index is 0.0518. The van der Waals surface area contributed by atoms with Crippen LogP contribution < -0.4 is 10.6 Å². The maximum absolute atomic E-state index is 12.3. The first kappa shape index (κ1) is 13.4. The fourth-order valence-electron chi connectivity index (χ4n) is 2.74.